The van der Waals surface area contributed by atoms with E-state index in [0.717, 1.165) is 33.3 Å². The molecule has 3 heterocycles. The number of aryl methyl sites for hydroxylation is 1. The van der Waals surface area contributed by atoms with Gasteiger partial charge in [-0.2, -0.15) is 0 Å². The third kappa shape index (κ3) is 7.50. The Kier molecular flexibility index (Phi) is 10.9. The van der Waals surface area contributed by atoms with Crippen LogP contribution >= 0.6 is 21.2 Å². The number of benzene rings is 5. The Bertz CT molecular complexity index is 2060. The van der Waals surface area contributed by atoms with Crippen LogP contribution in [0.25, 0.3) is 10.9 Å². The number of nitrogens with zero attached hydrogens (tertiary/aromatic N) is 1. The van der Waals surface area contributed by atoms with Crippen molar-refractivity contribution in [3.05, 3.63) is 179 Å². The van der Waals surface area contributed by atoms with Crippen molar-refractivity contribution in [3.8, 4) is 0 Å². The van der Waals surface area contributed by atoms with Gasteiger partial charge in [0.15, 0.2) is 4.93 Å². The standard InChI is InChI=1S/C44H44NO5PS/c1-31-24-45(51)39-23-38-36(22-37(31)39)29-50-44(38)43(49-28-35-20-12-5-13-21-35)42(48-27-34-18-10-4-11-19-34)41(47-26-33-16-8-3-9-17-33)40(52-44)30-46-25-32-14-6-2-7-15-32/h2-24,40-43H,25-30,51H2,1H3/t40-,41-,42+,43-,44+/m1/s1. The van der Waals surface area contributed by atoms with Crippen molar-refractivity contribution in [1.82, 2.24) is 4.34 Å². The third-order valence-corrected chi connectivity index (χ3v) is 12.1. The van der Waals surface area contributed by atoms with Gasteiger partial charge in [-0.1, -0.05) is 121 Å². The zero-order valence-electron chi connectivity index (χ0n) is 29.3. The molecule has 266 valence electrons. The third-order valence-electron chi connectivity index (χ3n) is 10.0. The predicted molar refractivity (Wildman–Crippen MR) is 211 cm³/mol. The van der Waals surface area contributed by atoms with Gasteiger partial charge in [-0.05, 0) is 61.8 Å². The Morgan fingerprint density at radius 1 is 0.692 bits per heavy atom. The molecule has 1 saturated heterocycles. The molecule has 1 unspecified atom stereocenters. The van der Waals surface area contributed by atoms with Crippen molar-refractivity contribution in [2.24, 2.45) is 0 Å². The van der Waals surface area contributed by atoms with E-state index in [9.17, 15) is 0 Å². The Morgan fingerprint density at radius 3 is 1.79 bits per heavy atom. The Balaban J connectivity index is 1.22. The van der Waals surface area contributed by atoms with E-state index in [2.05, 4.69) is 87.5 Å². The molecular weight excluding hydrogens is 686 g/mol. The van der Waals surface area contributed by atoms with Crippen LogP contribution in [0.15, 0.2) is 140 Å². The molecule has 2 aliphatic rings. The van der Waals surface area contributed by atoms with Gasteiger partial charge >= 0.3 is 0 Å². The number of aromatic nitrogens is 1. The summed E-state index contributed by atoms with van der Waals surface area (Å²) in [5, 5.41) is 1.08. The fraction of sp³-hybridized carbons (Fsp3) is 0.273. The van der Waals surface area contributed by atoms with Crippen LogP contribution in [-0.4, -0.2) is 34.5 Å². The Morgan fingerprint density at radius 2 is 1.21 bits per heavy atom. The van der Waals surface area contributed by atoms with Gasteiger partial charge in [0.2, 0.25) is 0 Å². The van der Waals surface area contributed by atoms with Gasteiger partial charge in [-0.25, -0.2) is 0 Å². The maximum atomic E-state index is 7.11. The minimum Gasteiger partial charge on any atom is -0.376 e. The SMILES string of the molecule is Cc1cn(P)c2cc3c(cc12)CO[C@]31S[C@H](COCc2ccccc2)[C@@H](OCc2ccccc2)[C@H](OCc2ccccc2)[C@H]1OCc1ccccc1. The molecule has 6 nitrogen and oxygen atoms in total. The highest BCUT2D eigenvalue weighted by Gasteiger charge is 2.60. The van der Waals surface area contributed by atoms with Crippen LogP contribution in [0.5, 0.6) is 0 Å². The van der Waals surface area contributed by atoms with E-state index in [0.29, 0.717) is 39.6 Å². The molecule has 8 rings (SSSR count). The van der Waals surface area contributed by atoms with E-state index in [1.54, 1.807) is 11.8 Å². The van der Waals surface area contributed by atoms with E-state index < -0.39 is 17.1 Å². The quantitative estimate of drug-likeness (QED) is 0.111. The predicted octanol–water partition coefficient (Wildman–Crippen LogP) is 9.36. The first-order chi connectivity index (χ1) is 25.6. The van der Waals surface area contributed by atoms with E-state index in [1.807, 2.05) is 72.8 Å². The summed E-state index contributed by atoms with van der Waals surface area (Å²) in [5.41, 5.74) is 9.05. The summed E-state index contributed by atoms with van der Waals surface area (Å²) in [6, 6.07) is 45.9. The summed E-state index contributed by atoms with van der Waals surface area (Å²) in [4.78, 5) is -0.879. The van der Waals surface area contributed by atoms with Crippen LogP contribution in [0.1, 0.15) is 38.9 Å². The minimum absolute atomic E-state index is 0.143. The summed E-state index contributed by atoms with van der Waals surface area (Å²) in [5.74, 6) is 0. The molecule has 0 saturated carbocycles. The monoisotopic (exact) mass is 729 g/mol. The highest BCUT2D eigenvalue weighted by atomic mass is 32.2. The fourth-order valence-electron chi connectivity index (χ4n) is 7.39. The van der Waals surface area contributed by atoms with Crippen LogP contribution in [-0.2, 0) is 61.7 Å². The fourth-order valence-corrected chi connectivity index (χ4v) is 9.59. The molecular formula is C44H44NO5PS. The second kappa shape index (κ2) is 16.1. The average Bonchev–Trinajstić information content (AvgIpc) is 3.68. The number of hydrogen-bond donors (Lipinski definition) is 0. The lowest BCUT2D eigenvalue weighted by Crippen LogP contribution is -2.61. The van der Waals surface area contributed by atoms with E-state index in [-0.39, 0.29) is 11.4 Å². The second-order valence-electron chi connectivity index (χ2n) is 13.6. The zero-order chi connectivity index (χ0) is 35.3. The molecule has 6 aromatic rings. The zero-order valence-corrected chi connectivity index (χ0v) is 31.3. The summed E-state index contributed by atoms with van der Waals surface area (Å²) >= 11 is 1.76. The topological polar surface area (TPSA) is 51.1 Å². The maximum absolute atomic E-state index is 7.11. The first kappa shape index (κ1) is 35.3. The van der Waals surface area contributed by atoms with E-state index >= 15 is 0 Å². The smallest absolute Gasteiger partial charge is 0.169 e. The Hall–Kier alpha value is -3.78. The van der Waals surface area contributed by atoms with Crippen LogP contribution in [0, 0.1) is 6.92 Å². The number of rotatable bonds is 13. The van der Waals surface area contributed by atoms with E-state index in [1.165, 1.54) is 16.5 Å². The lowest BCUT2D eigenvalue weighted by Gasteiger charge is -2.50. The lowest BCUT2D eigenvalue weighted by molar-refractivity contribution is -0.207. The highest BCUT2D eigenvalue weighted by Crippen LogP contribution is 2.57. The van der Waals surface area contributed by atoms with Crippen molar-refractivity contribution < 1.29 is 23.7 Å². The van der Waals surface area contributed by atoms with Crippen LogP contribution in [0.3, 0.4) is 0 Å². The average molecular weight is 730 g/mol. The first-order valence-corrected chi connectivity index (χ1v) is 19.3. The largest absolute Gasteiger partial charge is 0.376 e. The molecule has 0 aliphatic carbocycles. The molecule has 0 N–H and O–H groups in total. The van der Waals surface area contributed by atoms with Crippen LogP contribution in [0.4, 0.5) is 0 Å². The van der Waals surface area contributed by atoms with Gasteiger partial charge in [0.1, 0.15) is 18.3 Å². The highest BCUT2D eigenvalue weighted by molar-refractivity contribution is 8.00. The summed E-state index contributed by atoms with van der Waals surface area (Å²) in [6.07, 6.45) is 0.778. The van der Waals surface area contributed by atoms with Crippen molar-refractivity contribution >= 4 is 32.1 Å². The molecule has 2 aliphatic heterocycles. The molecule has 1 spiro atoms. The molecule has 8 heteroatoms. The molecule has 0 radical (unpaired) electrons. The van der Waals surface area contributed by atoms with Crippen molar-refractivity contribution in [3.63, 3.8) is 0 Å². The second-order valence-corrected chi connectivity index (χ2v) is 15.6. The van der Waals surface area contributed by atoms with Gasteiger partial charge in [-0.3, -0.25) is 0 Å². The summed E-state index contributed by atoms with van der Waals surface area (Å²) in [7, 11) is 2.85. The van der Waals surface area contributed by atoms with Gasteiger partial charge in [0.25, 0.3) is 0 Å². The Labute approximate surface area is 312 Å². The van der Waals surface area contributed by atoms with Gasteiger partial charge in [0, 0.05) is 17.1 Å². The van der Waals surface area contributed by atoms with Crippen molar-refractivity contribution in [2.75, 3.05) is 6.61 Å². The lowest BCUT2D eigenvalue weighted by atomic mass is 9.91. The first-order valence-electron chi connectivity index (χ1n) is 17.9. The number of fused-ring (bicyclic) bond motifs is 3. The maximum Gasteiger partial charge on any atom is 0.169 e. The summed E-state index contributed by atoms with van der Waals surface area (Å²) in [6.45, 7) is 4.81. The van der Waals surface area contributed by atoms with E-state index in [4.69, 9.17) is 23.7 Å². The van der Waals surface area contributed by atoms with Crippen molar-refractivity contribution in [2.45, 2.75) is 68.5 Å². The van der Waals surface area contributed by atoms with Gasteiger partial charge in [0.05, 0.1) is 50.4 Å². The van der Waals surface area contributed by atoms with Gasteiger partial charge < -0.3 is 28.0 Å². The number of hydrogen-bond acceptors (Lipinski definition) is 6. The molecule has 6 atom stereocenters. The molecule has 52 heavy (non-hydrogen) atoms. The van der Waals surface area contributed by atoms with Crippen molar-refractivity contribution in [1.29, 1.82) is 0 Å². The molecule has 1 fully saturated rings. The molecule has 0 amide bonds. The molecule has 0 bridgehead atoms. The van der Waals surface area contributed by atoms with Crippen LogP contribution in [0.2, 0.25) is 0 Å². The normalized spacial score (nSPS) is 22.6. The number of ether oxygens (including phenoxy) is 5. The van der Waals surface area contributed by atoms with Crippen LogP contribution < -0.4 is 0 Å². The molecule has 5 aromatic carbocycles. The van der Waals surface area contributed by atoms with Gasteiger partial charge in [-0.15, -0.1) is 11.8 Å². The summed E-state index contributed by atoms with van der Waals surface area (Å²) < 4.78 is 36.9. The number of thioether (sulfide) groups is 1. The molecule has 1 aromatic heterocycles. The minimum atomic E-state index is -0.879.